The standard InChI is InChI=1S/C30H54O/c1-5-6-7-8-9-10-11-12-13-14-15-16-17-18-19-20-21-22-23-27(3)29-25-26(2)24-28(4)30(29)31/h24-25,27,31H,5-23H2,1-4H3. The van der Waals surface area contributed by atoms with E-state index in [1.165, 1.54) is 128 Å². The minimum Gasteiger partial charge on any atom is -0.507 e. The monoisotopic (exact) mass is 430 g/mol. The lowest BCUT2D eigenvalue weighted by Crippen LogP contribution is -1.97. The molecule has 0 radical (unpaired) electrons. The van der Waals surface area contributed by atoms with Crippen LogP contribution in [0, 0.1) is 13.8 Å². The van der Waals surface area contributed by atoms with E-state index < -0.39 is 0 Å². The van der Waals surface area contributed by atoms with E-state index in [1.807, 2.05) is 6.92 Å². The third-order valence-electron chi connectivity index (χ3n) is 7.00. The predicted octanol–water partition coefficient (Wildman–Crippen LogP) is 10.5. The molecule has 0 amide bonds. The molecule has 0 aliphatic heterocycles. The first-order valence-corrected chi connectivity index (χ1v) is 13.9. The van der Waals surface area contributed by atoms with Gasteiger partial charge in [-0.3, -0.25) is 0 Å². The molecule has 1 heteroatoms. The first kappa shape index (κ1) is 28.1. The smallest absolute Gasteiger partial charge is 0.121 e. The van der Waals surface area contributed by atoms with Crippen LogP contribution < -0.4 is 0 Å². The summed E-state index contributed by atoms with van der Waals surface area (Å²) in [6.07, 6.45) is 26.8. The molecule has 0 aromatic heterocycles. The van der Waals surface area contributed by atoms with Crippen LogP contribution in [0.15, 0.2) is 12.1 Å². The van der Waals surface area contributed by atoms with Crippen LogP contribution in [0.5, 0.6) is 5.75 Å². The first-order valence-electron chi connectivity index (χ1n) is 13.9. The summed E-state index contributed by atoms with van der Waals surface area (Å²) in [5.74, 6) is 0.972. The molecule has 0 saturated carbocycles. The van der Waals surface area contributed by atoms with E-state index in [9.17, 15) is 5.11 Å². The molecule has 180 valence electrons. The molecule has 1 aromatic rings. The average molecular weight is 431 g/mol. The maximum atomic E-state index is 10.3. The molecule has 0 heterocycles. The van der Waals surface area contributed by atoms with Crippen molar-refractivity contribution in [2.24, 2.45) is 0 Å². The van der Waals surface area contributed by atoms with Gasteiger partial charge in [0.1, 0.15) is 5.75 Å². The van der Waals surface area contributed by atoms with Gasteiger partial charge < -0.3 is 5.11 Å². The van der Waals surface area contributed by atoms with Crippen LogP contribution in [-0.2, 0) is 0 Å². The van der Waals surface area contributed by atoms with Gasteiger partial charge in [-0.1, -0.05) is 147 Å². The summed E-state index contributed by atoms with van der Waals surface area (Å²) in [4.78, 5) is 0. The summed E-state index contributed by atoms with van der Waals surface area (Å²) >= 11 is 0. The van der Waals surface area contributed by atoms with Gasteiger partial charge in [0, 0.05) is 0 Å². The van der Waals surface area contributed by atoms with Crippen LogP contribution in [0.1, 0.15) is 158 Å². The summed E-state index contributed by atoms with van der Waals surface area (Å²) in [6, 6.07) is 4.24. The summed E-state index contributed by atoms with van der Waals surface area (Å²) < 4.78 is 0. The van der Waals surface area contributed by atoms with Crippen LogP contribution in [0.4, 0.5) is 0 Å². The van der Waals surface area contributed by atoms with Crippen LogP contribution in [-0.4, -0.2) is 5.11 Å². The van der Waals surface area contributed by atoms with Crippen molar-refractivity contribution in [3.8, 4) is 5.75 Å². The molecule has 1 rings (SSSR count). The number of rotatable bonds is 20. The number of hydrogen-bond acceptors (Lipinski definition) is 1. The van der Waals surface area contributed by atoms with Crippen molar-refractivity contribution in [3.05, 3.63) is 28.8 Å². The molecule has 0 saturated heterocycles. The van der Waals surface area contributed by atoms with Crippen molar-refractivity contribution in [2.45, 2.75) is 156 Å². The molecule has 0 fully saturated rings. The second kappa shape index (κ2) is 18.6. The van der Waals surface area contributed by atoms with Gasteiger partial charge in [0.15, 0.2) is 0 Å². The quantitative estimate of drug-likeness (QED) is 0.204. The molecule has 1 N–H and O–H groups in total. The van der Waals surface area contributed by atoms with Crippen molar-refractivity contribution < 1.29 is 5.11 Å². The molecule has 1 atom stereocenters. The molecule has 31 heavy (non-hydrogen) atoms. The molecule has 0 aliphatic carbocycles. The minimum absolute atomic E-state index is 0.458. The third-order valence-corrected chi connectivity index (χ3v) is 7.00. The van der Waals surface area contributed by atoms with Gasteiger partial charge in [-0.05, 0) is 37.3 Å². The molecule has 1 aromatic carbocycles. The van der Waals surface area contributed by atoms with E-state index in [-0.39, 0.29) is 0 Å². The predicted molar refractivity (Wildman–Crippen MR) is 139 cm³/mol. The largest absolute Gasteiger partial charge is 0.507 e. The topological polar surface area (TPSA) is 20.2 Å². The van der Waals surface area contributed by atoms with Crippen molar-refractivity contribution >= 4 is 0 Å². The lowest BCUT2D eigenvalue weighted by Gasteiger charge is -2.16. The Morgan fingerprint density at radius 1 is 0.613 bits per heavy atom. The zero-order valence-corrected chi connectivity index (χ0v) is 21.6. The highest BCUT2D eigenvalue weighted by Gasteiger charge is 2.12. The van der Waals surface area contributed by atoms with Crippen LogP contribution >= 0.6 is 0 Å². The number of phenolic OH excluding ortho intramolecular Hbond substituents is 1. The lowest BCUT2D eigenvalue weighted by atomic mass is 9.91. The number of aryl methyl sites for hydroxylation is 2. The van der Waals surface area contributed by atoms with E-state index in [2.05, 4.69) is 32.9 Å². The van der Waals surface area contributed by atoms with Crippen LogP contribution in [0.2, 0.25) is 0 Å². The Morgan fingerprint density at radius 2 is 1.00 bits per heavy atom. The van der Waals surface area contributed by atoms with Gasteiger partial charge in [-0.15, -0.1) is 0 Å². The molecular weight excluding hydrogens is 376 g/mol. The Hall–Kier alpha value is -0.980. The highest BCUT2D eigenvalue weighted by molar-refractivity contribution is 5.44. The van der Waals surface area contributed by atoms with Gasteiger partial charge in [0.25, 0.3) is 0 Å². The summed E-state index contributed by atoms with van der Waals surface area (Å²) in [6.45, 7) is 8.69. The van der Waals surface area contributed by atoms with Crippen molar-refractivity contribution in [3.63, 3.8) is 0 Å². The fraction of sp³-hybridized carbons (Fsp3) is 0.800. The van der Waals surface area contributed by atoms with Crippen molar-refractivity contribution in [1.29, 1.82) is 0 Å². The number of benzene rings is 1. The van der Waals surface area contributed by atoms with Gasteiger partial charge in [-0.2, -0.15) is 0 Å². The molecular formula is C30H54O. The van der Waals surface area contributed by atoms with Gasteiger partial charge in [0.05, 0.1) is 0 Å². The van der Waals surface area contributed by atoms with Gasteiger partial charge in [-0.25, -0.2) is 0 Å². The molecule has 0 spiro atoms. The second-order valence-electron chi connectivity index (χ2n) is 10.2. The van der Waals surface area contributed by atoms with Crippen molar-refractivity contribution in [1.82, 2.24) is 0 Å². The van der Waals surface area contributed by atoms with E-state index in [0.717, 1.165) is 11.1 Å². The molecule has 1 nitrogen and oxygen atoms in total. The maximum absolute atomic E-state index is 10.3. The summed E-state index contributed by atoms with van der Waals surface area (Å²) in [5.41, 5.74) is 3.42. The fourth-order valence-electron chi connectivity index (χ4n) is 4.88. The third kappa shape index (κ3) is 13.9. The SMILES string of the molecule is CCCCCCCCCCCCCCCCCCCCC(C)c1cc(C)cc(C)c1O. The number of hydrogen-bond donors (Lipinski definition) is 1. The number of phenols is 1. The Labute approximate surface area is 195 Å². The Morgan fingerprint density at radius 3 is 1.42 bits per heavy atom. The van der Waals surface area contributed by atoms with E-state index in [1.54, 1.807) is 0 Å². The average Bonchev–Trinajstić information content (AvgIpc) is 2.75. The lowest BCUT2D eigenvalue weighted by molar-refractivity contribution is 0.453. The fourth-order valence-corrected chi connectivity index (χ4v) is 4.88. The van der Waals surface area contributed by atoms with E-state index in [4.69, 9.17) is 0 Å². The number of unbranched alkanes of at least 4 members (excludes halogenated alkanes) is 17. The Bertz CT molecular complexity index is 548. The highest BCUT2D eigenvalue weighted by Crippen LogP contribution is 2.33. The maximum Gasteiger partial charge on any atom is 0.121 e. The first-order chi connectivity index (χ1) is 15.1. The highest BCUT2D eigenvalue weighted by atomic mass is 16.3. The minimum atomic E-state index is 0.458. The summed E-state index contributed by atoms with van der Waals surface area (Å²) in [5, 5.41) is 10.3. The summed E-state index contributed by atoms with van der Waals surface area (Å²) in [7, 11) is 0. The molecule has 1 unspecified atom stereocenters. The normalized spacial score (nSPS) is 12.4. The van der Waals surface area contributed by atoms with Crippen LogP contribution in [0.3, 0.4) is 0 Å². The zero-order chi connectivity index (χ0) is 22.7. The van der Waals surface area contributed by atoms with E-state index in [0.29, 0.717) is 11.7 Å². The second-order valence-corrected chi connectivity index (χ2v) is 10.2. The molecule has 0 aliphatic rings. The van der Waals surface area contributed by atoms with Crippen LogP contribution in [0.25, 0.3) is 0 Å². The van der Waals surface area contributed by atoms with Gasteiger partial charge in [0.2, 0.25) is 0 Å². The number of aromatic hydroxyl groups is 1. The van der Waals surface area contributed by atoms with Crippen molar-refractivity contribution in [2.75, 3.05) is 0 Å². The Kier molecular flexibility index (Phi) is 16.8. The van der Waals surface area contributed by atoms with E-state index >= 15 is 0 Å². The zero-order valence-electron chi connectivity index (χ0n) is 21.6. The Balaban J connectivity index is 1.87. The molecule has 0 bridgehead atoms. The van der Waals surface area contributed by atoms with Gasteiger partial charge >= 0.3 is 0 Å².